The minimum atomic E-state index is -0.684. The van der Waals surface area contributed by atoms with Crippen LogP contribution >= 0.6 is 0 Å². The molecule has 98 valence electrons. The zero-order valence-corrected chi connectivity index (χ0v) is 11.0. The Bertz CT molecular complexity index is 525. The quantitative estimate of drug-likeness (QED) is 0.909. The Morgan fingerprint density at radius 1 is 0.947 bits per heavy atom. The molecule has 0 saturated carbocycles. The lowest BCUT2D eigenvalue weighted by Crippen LogP contribution is -2.30. The fourth-order valence-electron chi connectivity index (χ4n) is 2.83. The Morgan fingerprint density at radius 2 is 1.58 bits per heavy atom. The molecule has 2 nitrogen and oxygen atoms in total. The lowest BCUT2D eigenvalue weighted by molar-refractivity contribution is 0.0453. The van der Waals surface area contributed by atoms with Crippen LogP contribution < -0.4 is 0 Å². The van der Waals surface area contributed by atoms with Crippen LogP contribution in [0.15, 0.2) is 60.7 Å². The van der Waals surface area contributed by atoms with Gasteiger partial charge in [0.2, 0.25) is 0 Å². The maximum absolute atomic E-state index is 10.8. The second-order valence-electron chi connectivity index (χ2n) is 5.34. The van der Waals surface area contributed by atoms with Crippen LogP contribution in [0.5, 0.6) is 0 Å². The summed E-state index contributed by atoms with van der Waals surface area (Å²) in [6.45, 7) is 2.57. The first-order valence-corrected chi connectivity index (χ1v) is 6.80. The Balaban J connectivity index is 1.70. The molecule has 3 rings (SSSR count). The number of β-amino-alcohol motifs (C(OH)–C–C–N with tert-alkyl or cyclic N) is 1. The van der Waals surface area contributed by atoms with E-state index in [0.717, 1.165) is 25.1 Å². The Hall–Kier alpha value is -1.64. The van der Waals surface area contributed by atoms with Crippen molar-refractivity contribution in [1.82, 2.24) is 4.90 Å². The predicted molar refractivity (Wildman–Crippen MR) is 76.7 cm³/mol. The first-order chi connectivity index (χ1) is 9.26. The molecular weight excluding hydrogens is 234 g/mol. The number of hydrogen-bond donors (Lipinski definition) is 1. The van der Waals surface area contributed by atoms with Crippen molar-refractivity contribution >= 4 is 0 Å². The highest BCUT2D eigenvalue weighted by Gasteiger charge is 2.37. The van der Waals surface area contributed by atoms with Gasteiger partial charge in [-0.3, -0.25) is 4.90 Å². The second kappa shape index (κ2) is 5.16. The van der Waals surface area contributed by atoms with Gasteiger partial charge in [-0.2, -0.15) is 0 Å². The fourth-order valence-corrected chi connectivity index (χ4v) is 2.83. The summed E-state index contributed by atoms with van der Waals surface area (Å²) in [5.41, 5.74) is 1.65. The van der Waals surface area contributed by atoms with Crippen molar-refractivity contribution in [2.45, 2.75) is 18.6 Å². The van der Waals surface area contributed by atoms with Gasteiger partial charge >= 0.3 is 0 Å². The van der Waals surface area contributed by atoms with E-state index in [4.69, 9.17) is 0 Å². The third-order valence-electron chi connectivity index (χ3n) is 3.89. The molecule has 0 aromatic heterocycles. The Labute approximate surface area is 114 Å². The van der Waals surface area contributed by atoms with Crippen LogP contribution in [0.3, 0.4) is 0 Å². The van der Waals surface area contributed by atoms with E-state index in [1.165, 1.54) is 5.56 Å². The van der Waals surface area contributed by atoms with Crippen molar-refractivity contribution in [1.29, 1.82) is 0 Å². The minimum absolute atomic E-state index is 0.684. The number of rotatable bonds is 3. The van der Waals surface area contributed by atoms with Crippen molar-refractivity contribution < 1.29 is 5.11 Å². The van der Waals surface area contributed by atoms with E-state index in [1.807, 2.05) is 36.4 Å². The van der Waals surface area contributed by atoms with Gasteiger partial charge in [-0.1, -0.05) is 60.7 Å². The molecule has 2 heteroatoms. The summed E-state index contributed by atoms with van der Waals surface area (Å²) in [6.07, 6.45) is 0.809. The van der Waals surface area contributed by atoms with E-state index in [0.29, 0.717) is 6.54 Å². The first-order valence-electron chi connectivity index (χ1n) is 6.80. The molecule has 1 fully saturated rings. The zero-order valence-electron chi connectivity index (χ0n) is 11.0. The van der Waals surface area contributed by atoms with E-state index in [1.54, 1.807) is 0 Å². The Kier molecular flexibility index (Phi) is 3.36. The average molecular weight is 253 g/mol. The number of hydrogen-bond acceptors (Lipinski definition) is 2. The topological polar surface area (TPSA) is 23.5 Å². The van der Waals surface area contributed by atoms with Gasteiger partial charge < -0.3 is 5.11 Å². The molecule has 1 atom stereocenters. The smallest absolute Gasteiger partial charge is 0.103 e. The second-order valence-corrected chi connectivity index (χ2v) is 5.34. The number of aliphatic hydroxyl groups is 1. The van der Waals surface area contributed by atoms with Crippen molar-refractivity contribution in [3.05, 3.63) is 71.8 Å². The van der Waals surface area contributed by atoms with Crippen LogP contribution in [0.4, 0.5) is 0 Å². The fraction of sp³-hybridized carbons (Fsp3) is 0.294. The van der Waals surface area contributed by atoms with Crippen LogP contribution in [0.2, 0.25) is 0 Å². The molecule has 1 heterocycles. The lowest BCUT2D eigenvalue weighted by atomic mass is 9.93. The van der Waals surface area contributed by atoms with E-state index >= 15 is 0 Å². The van der Waals surface area contributed by atoms with Crippen LogP contribution in [0.25, 0.3) is 0 Å². The third kappa shape index (κ3) is 2.70. The van der Waals surface area contributed by atoms with Gasteiger partial charge in [-0.25, -0.2) is 0 Å². The monoisotopic (exact) mass is 253 g/mol. The largest absolute Gasteiger partial charge is 0.384 e. The van der Waals surface area contributed by atoms with Crippen LogP contribution in [0.1, 0.15) is 17.5 Å². The lowest BCUT2D eigenvalue weighted by Gasteiger charge is -2.24. The van der Waals surface area contributed by atoms with Crippen molar-refractivity contribution in [2.75, 3.05) is 13.1 Å². The molecule has 0 bridgehead atoms. The zero-order chi connectivity index (χ0) is 13.1. The highest BCUT2D eigenvalue weighted by Crippen LogP contribution is 2.32. The van der Waals surface area contributed by atoms with Crippen LogP contribution in [-0.2, 0) is 12.1 Å². The highest BCUT2D eigenvalue weighted by molar-refractivity contribution is 5.24. The van der Waals surface area contributed by atoms with E-state index < -0.39 is 5.60 Å². The normalized spacial score (nSPS) is 23.6. The molecule has 1 N–H and O–H groups in total. The molecule has 0 spiro atoms. The van der Waals surface area contributed by atoms with Gasteiger partial charge in [-0.05, 0) is 17.5 Å². The van der Waals surface area contributed by atoms with Crippen LogP contribution in [0, 0.1) is 0 Å². The predicted octanol–water partition coefficient (Wildman–Crippen LogP) is 2.78. The molecule has 1 aliphatic heterocycles. The third-order valence-corrected chi connectivity index (χ3v) is 3.89. The summed E-state index contributed by atoms with van der Waals surface area (Å²) < 4.78 is 0. The maximum atomic E-state index is 10.8. The standard InChI is InChI=1S/C17H19NO/c19-17(16-9-5-2-6-10-16)11-12-18(14-17)13-15-7-3-1-4-8-15/h1-10,19H,11-14H2/t17-/m0/s1. The van der Waals surface area contributed by atoms with Gasteiger partial charge in [0.1, 0.15) is 5.60 Å². The number of likely N-dealkylation sites (tertiary alicyclic amines) is 1. The number of nitrogens with zero attached hydrogens (tertiary/aromatic N) is 1. The molecule has 2 aromatic carbocycles. The molecule has 0 amide bonds. The van der Waals surface area contributed by atoms with E-state index in [9.17, 15) is 5.11 Å². The van der Waals surface area contributed by atoms with Crippen molar-refractivity contribution in [3.63, 3.8) is 0 Å². The minimum Gasteiger partial charge on any atom is -0.384 e. The Morgan fingerprint density at radius 3 is 2.26 bits per heavy atom. The van der Waals surface area contributed by atoms with Crippen LogP contribution in [-0.4, -0.2) is 23.1 Å². The SMILES string of the molecule is O[C@@]1(c2ccccc2)CCN(Cc2ccccc2)C1. The van der Waals surface area contributed by atoms with Crippen molar-refractivity contribution in [2.24, 2.45) is 0 Å². The maximum Gasteiger partial charge on any atom is 0.103 e. The van der Waals surface area contributed by atoms with Gasteiger partial charge in [0.05, 0.1) is 0 Å². The number of benzene rings is 2. The van der Waals surface area contributed by atoms with E-state index in [-0.39, 0.29) is 0 Å². The summed E-state index contributed by atoms with van der Waals surface area (Å²) in [7, 11) is 0. The summed E-state index contributed by atoms with van der Waals surface area (Å²) >= 11 is 0. The summed E-state index contributed by atoms with van der Waals surface area (Å²) in [6, 6.07) is 20.5. The van der Waals surface area contributed by atoms with Gasteiger partial charge in [0.25, 0.3) is 0 Å². The van der Waals surface area contributed by atoms with Gasteiger partial charge in [0, 0.05) is 19.6 Å². The average Bonchev–Trinajstić information content (AvgIpc) is 2.84. The summed E-state index contributed by atoms with van der Waals surface area (Å²) in [5.74, 6) is 0. The van der Waals surface area contributed by atoms with Gasteiger partial charge in [0.15, 0.2) is 0 Å². The molecular formula is C17H19NO. The highest BCUT2D eigenvalue weighted by atomic mass is 16.3. The van der Waals surface area contributed by atoms with Crippen molar-refractivity contribution in [3.8, 4) is 0 Å². The van der Waals surface area contributed by atoms with Gasteiger partial charge in [-0.15, -0.1) is 0 Å². The molecule has 1 saturated heterocycles. The summed E-state index contributed by atoms with van der Waals surface area (Å²) in [5, 5.41) is 10.8. The molecule has 1 aliphatic rings. The van der Waals surface area contributed by atoms with E-state index in [2.05, 4.69) is 29.2 Å². The molecule has 0 unspecified atom stereocenters. The molecule has 19 heavy (non-hydrogen) atoms. The molecule has 0 aliphatic carbocycles. The molecule has 2 aromatic rings. The molecule has 0 radical (unpaired) electrons. The first kappa shape index (κ1) is 12.4. The summed E-state index contributed by atoms with van der Waals surface area (Å²) in [4.78, 5) is 2.32.